The molecule has 2 N–H and O–H groups in total. The lowest BCUT2D eigenvalue weighted by Crippen LogP contribution is -2.43. The van der Waals surface area contributed by atoms with Crippen molar-refractivity contribution in [3.05, 3.63) is 30.3 Å². The summed E-state index contributed by atoms with van der Waals surface area (Å²) in [5.74, 6) is -1.10. The first-order valence-electron chi connectivity index (χ1n) is 14.7. The van der Waals surface area contributed by atoms with Crippen molar-refractivity contribution >= 4 is 23.5 Å². The molecule has 0 atom stereocenters. The predicted molar refractivity (Wildman–Crippen MR) is 162 cm³/mol. The SMILES string of the molecule is CC(C)(C)OC(=O)CCOCC(COCCC(=O)OC(C)(C)C)NC(=O)COCCOCCOCCNc1ccccc1. The van der Waals surface area contributed by atoms with Crippen LogP contribution in [0.4, 0.5) is 5.69 Å². The van der Waals surface area contributed by atoms with Crippen molar-refractivity contribution in [1.82, 2.24) is 5.32 Å². The van der Waals surface area contributed by atoms with Crippen LogP contribution >= 0.6 is 0 Å². The number of amides is 1. The average molecular weight is 613 g/mol. The second-order valence-electron chi connectivity index (χ2n) is 11.7. The molecule has 0 aliphatic heterocycles. The Morgan fingerprint density at radius 2 is 1.14 bits per heavy atom. The summed E-state index contributed by atoms with van der Waals surface area (Å²) in [6.45, 7) is 13.8. The summed E-state index contributed by atoms with van der Waals surface area (Å²) in [4.78, 5) is 36.2. The number of benzene rings is 1. The van der Waals surface area contributed by atoms with E-state index in [1.54, 1.807) is 41.5 Å². The Morgan fingerprint density at radius 3 is 1.65 bits per heavy atom. The van der Waals surface area contributed by atoms with Crippen molar-refractivity contribution in [2.45, 2.75) is 71.6 Å². The molecule has 0 spiro atoms. The van der Waals surface area contributed by atoms with Gasteiger partial charge in [0, 0.05) is 12.2 Å². The van der Waals surface area contributed by atoms with E-state index in [0.717, 1.165) is 5.69 Å². The molecule has 0 bridgehead atoms. The molecule has 0 fully saturated rings. The van der Waals surface area contributed by atoms with Gasteiger partial charge in [-0.05, 0) is 53.7 Å². The van der Waals surface area contributed by atoms with E-state index in [1.165, 1.54) is 0 Å². The van der Waals surface area contributed by atoms with Gasteiger partial charge < -0.3 is 43.8 Å². The molecule has 1 amide bonds. The number of esters is 2. The maximum Gasteiger partial charge on any atom is 0.308 e. The highest BCUT2D eigenvalue weighted by Gasteiger charge is 2.19. The van der Waals surface area contributed by atoms with Gasteiger partial charge in [-0.15, -0.1) is 0 Å². The predicted octanol–water partition coefficient (Wildman–Crippen LogP) is 3.13. The zero-order chi connectivity index (χ0) is 32.0. The number of anilines is 1. The van der Waals surface area contributed by atoms with Gasteiger partial charge in [0.15, 0.2) is 0 Å². The number of carbonyl (C=O) groups excluding carboxylic acids is 3. The van der Waals surface area contributed by atoms with Crippen molar-refractivity contribution in [3.63, 3.8) is 0 Å². The molecule has 246 valence electrons. The van der Waals surface area contributed by atoms with Crippen LogP contribution in [0.5, 0.6) is 0 Å². The van der Waals surface area contributed by atoms with Crippen molar-refractivity contribution < 1.29 is 47.5 Å². The Labute approximate surface area is 256 Å². The van der Waals surface area contributed by atoms with Gasteiger partial charge in [-0.25, -0.2) is 0 Å². The van der Waals surface area contributed by atoms with Crippen LogP contribution in [0.15, 0.2) is 30.3 Å². The Hall–Kier alpha value is -2.77. The van der Waals surface area contributed by atoms with Crippen molar-refractivity contribution in [1.29, 1.82) is 0 Å². The maximum absolute atomic E-state index is 12.4. The quantitative estimate of drug-likeness (QED) is 0.139. The monoisotopic (exact) mass is 612 g/mol. The van der Waals surface area contributed by atoms with Crippen LogP contribution < -0.4 is 10.6 Å². The molecular formula is C31H52N2O10. The number of para-hydroxylation sites is 1. The number of nitrogens with one attached hydrogen (secondary N) is 2. The first kappa shape index (κ1) is 38.3. The fourth-order valence-electron chi connectivity index (χ4n) is 3.38. The van der Waals surface area contributed by atoms with Crippen LogP contribution in [-0.2, 0) is 47.5 Å². The van der Waals surface area contributed by atoms with Crippen molar-refractivity contribution in [2.75, 3.05) is 77.9 Å². The van der Waals surface area contributed by atoms with E-state index in [1.807, 2.05) is 30.3 Å². The fourth-order valence-corrected chi connectivity index (χ4v) is 3.38. The van der Waals surface area contributed by atoms with Gasteiger partial charge in [0.2, 0.25) is 5.91 Å². The minimum Gasteiger partial charge on any atom is -0.460 e. The van der Waals surface area contributed by atoms with Crippen LogP contribution in [0.1, 0.15) is 54.4 Å². The maximum atomic E-state index is 12.4. The van der Waals surface area contributed by atoms with E-state index in [-0.39, 0.29) is 70.3 Å². The number of carbonyl (C=O) groups is 3. The zero-order valence-electron chi connectivity index (χ0n) is 26.7. The summed E-state index contributed by atoms with van der Waals surface area (Å²) in [6, 6.07) is 9.38. The summed E-state index contributed by atoms with van der Waals surface area (Å²) in [5.41, 5.74) is -0.102. The normalized spacial score (nSPS) is 11.8. The summed E-state index contributed by atoms with van der Waals surface area (Å²) < 4.78 is 38.1. The number of hydrogen-bond acceptors (Lipinski definition) is 11. The number of ether oxygens (including phenoxy) is 7. The fraction of sp³-hybridized carbons (Fsp3) is 0.710. The number of hydrogen-bond donors (Lipinski definition) is 2. The van der Waals surface area contributed by atoms with Crippen molar-refractivity contribution in [3.8, 4) is 0 Å². The van der Waals surface area contributed by atoms with Crippen LogP contribution in [0.2, 0.25) is 0 Å². The lowest BCUT2D eigenvalue weighted by Gasteiger charge is -2.21. The third-order valence-electron chi connectivity index (χ3n) is 5.07. The van der Waals surface area contributed by atoms with Crippen LogP contribution in [0, 0.1) is 0 Å². The Morgan fingerprint density at radius 1 is 0.651 bits per heavy atom. The Balaban J connectivity index is 2.24. The van der Waals surface area contributed by atoms with E-state index in [9.17, 15) is 14.4 Å². The van der Waals surface area contributed by atoms with E-state index in [4.69, 9.17) is 33.2 Å². The zero-order valence-corrected chi connectivity index (χ0v) is 26.7. The molecule has 0 radical (unpaired) electrons. The lowest BCUT2D eigenvalue weighted by atomic mass is 10.2. The minimum atomic E-state index is -0.575. The third kappa shape index (κ3) is 24.4. The lowest BCUT2D eigenvalue weighted by molar-refractivity contribution is -0.157. The average Bonchev–Trinajstić information content (AvgIpc) is 2.90. The van der Waals surface area contributed by atoms with Gasteiger partial charge in [-0.1, -0.05) is 18.2 Å². The highest BCUT2D eigenvalue weighted by Crippen LogP contribution is 2.09. The molecule has 0 aliphatic carbocycles. The van der Waals surface area contributed by atoms with Crippen LogP contribution in [0.3, 0.4) is 0 Å². The smallest absolute Gasteiger partial charge is 0.308 e. The topological polar surface area (TPSA) is 140 Å². The third-order valence-corrected chi connectivity index (χ3v) is 5.07. The van der Waals surface area contributed by atoms with Crippen LogP contribution in [-0.4, -0.2) is 108 Å². The highest BCUT2D eigenvalue weighted by molar-refractivity contribution is 5.77. The van der Waals surface area contributed by atoms with Gasteiger partial charge in [0.1, 0.15) is 17.8 Å². The molecule has 1 aromatic rings. The molecule has 0 saturated heterocycles. The van der Waals surface area contributed by atoms with Crippen LogP contribution in [0.25, 0.3) is 0 Å². The number of rotatable bonds is 23. The summed E-state index contributed by atoms with van der Waals surface area (Å²) in [5, 5.41) is 6.06. The molecule has 0 aliphatic rings. The van der Waals surface area contributed by atoms with E-state index in [2.05, 4.69) is 10.6 Å². The van der Waals surface area contributed by atoms with E-state index < -0.39 is 17.2 Å². The molecule has 43 heavy (non-hydrogen) atoms. The second-order valence-corrected chi connectivity index (χ2v) is 11.7. The highest BCUT2D eigenvalue weighted by atomic mass is 16.6. The first-order valence-corrected chi connectivity index (χ1v) is 14.7. The molecule has 12 nitrogen and oxygen atoms in total. The van der Waals surface area contributed by atoms with Gasteiger partial charge in [-0.2, -0.15) is 0 Å². The van der Waals surface area contributed by atoms with Gasteiger partial charge in [0.05, 0.1) is 78.3 Å². The van der Waals surface area contributed by atoms with Gasteiger partial charge in [0.25, 0.3) is 0 Å². The van der Waals surface area contributed by atoms with E-state index in [0.29, 0.717) is 33.0 Å². The molecular weight excluding hydrogens is 560 g/mol. The molecule has 0 saturated carbocycles. The van der Waals surface area contributed by atoms with E-state index >= 15 is 0 Å². The molecule has 1 aromatic carbocycles. The second kappa shape index (κ2) is 21.8. The standard InChI is InChI=1S/C31H52N2O10/c1-30(2,3)42-28(35)12-15-39-22-26(23-40-16-13-29(36)43-31(4,5)6)33-27(34)24-41-21-20-38-19-18-37-17-14-32-25-10-8-7-9-11-25/h7-11,26,32H,12-24H2,1-6H3,(H,33,34). The van der Waals surface area contributed by atoms with Gasteiger partial charge >= 0.3 is 11.9 Å². The van der Waals surface area contributed by atoms with Crippen molar-refractivity contribution in [2.24, 2.45) is 0 Å². The Kier molecular flexibility index (Phi) is 19.4. The first-order chi connectivity index (χ1) is 20.3. The Bertz CT molecular complexity index is 864. The largest absolute Gasteiger partial charge is 0.460 e. The molecule has 0 aromatic heterocycles. The summed E-state index contributed by atoms with van der Waals surface area (Å²) >= 11 is 0. The summed E-state index contributed by atoms with van der Waals surface area (Å²) in [7, 11) is 0. The summed E-state index contributed by atoms with van der Waals surface area (Å²) in [6.07, 6.45) is 0.159. The molecule has 0 unspecified atom stereocenters. The molecule has 1 rings (SSSR count). The minimum absolute atomic E-state index is 0.0795. The molecule has 0 heterocycles. The molecule has 12 heteroatoms. The van der Waals surface area contributed by atoms with Gasteiger partial charge in [-0.3, -0.25) is 14.4 Å².